The second-order valence-electron chi connectivity index (χ2n) is 2.90. The normalized spacial score (nSPS) is 28.4. The number of hydrogen-bond donors (Lipinski definition) is 0. The van der Waals surface area contributed by atoms with E-state index in [-0.39, 0.29) is 11.7 Å². The average molecular weight is 294 g/mol. The highest BCUT2D eigenvalue weighted by Gasteiger charge is 2.22. The number of carbonyl (C=O) groups excluding carboxylic acids is 1. The van der Waals surface area contributed by atoms with E-state index in [4.69, 9.17) is 0 Å². The van der Waals surface area contributed by atoms with Gasteiger partial charge in [0, 0.05) is 10.4 Å². The van der Waals surface area contributed by atoms with Gasteiger partial charge in [-0.15, -0.1) is 0 Å². The van der Waals surface area contributed by atoms with E-state index in [2.05, 4.69) is 44.9 Å². The lowest BCUT2D eigenvalue weighted by Crippen LogP contribution is -2.21. The van der Waals surface area contributed by atoms with Crippen molar-refractivity contribution in [1.82, 2.24) is 0 Å². The summed E-state index contributed by atoms with van der Waals surface area (Å²) in [4.78, 5) is 11.3. The fourth-order valence-electron chi connectivity index (χ4n) is 1.27. The zero-order valence-electron chi connectivity index (χ0n) is 6.76. The lowest BCUT2D eigenvalue weighted by molar-refractivity contribution is -0.119. The Morgan fingerprint density at radius 1 is 1.67 bits per heavy atom. The summed E-state index contributed by atoms with van der Waals surface area (Å²) in [7, 11) is 0. The van der Waals surface area contributed by atoms with Crippen LogP contribution < -0.4 is 0 Å². The largest absolute Gasteiger partial charge is 0.298 e. The molecule has 0 bridgehead atoms. The number of Topliss-reactive ketones (excluding diaryl/α,β-unsaturated/α-hetero) is 1. The van der Waals surface area contributed by atoms with Gasteiger partial charge in [-0.1, -0.05) is 57.0 Å². The molecule has 1 nitrogen and oxygen atoms in total. The van der Waals surface area contributed by atoms with Gasteiger partial charge in [0.05, 0.1) is 5.33 Å². The minimum absolute atomic E-state index is 0.0469. The molecule has 0 heterocycles. The molecule has 0 amide bonds. The summed E-state index contributed by atoms with van der Waals surface area (Å²) in [6.07, 6.45) is 5.95. The third-order valence-corrected chi connectivity index (χ3v) is 3.04. The van der Waals surface area contributed by atoms with Gasteiger partial charge in [-0.25, -0.2) is 0 Å². The molecule has 0 fully saturated rings. The predicted octanol–water partition coefficient (Wildman–Crippen LogP) is 3.05. The van der Waals surface area contributed by atoms with Crippen molar-refractivity contribution >= 4 is 37.6 Å². The Hall–Kier alpha value is 0.110. The predicted molar refractivity (Wildman–Crippen MR) is 57.6 cm³/mol. The Bertz CT molecular complexity index is 243. The van der Waals surface area contributed by atoms with Crippen molar-refractivity contribution in [2.75, 3.05) is 5.33 Å². The number of carbonyl (C=O) groups is 1. The van der Waals surface area contributed by atoms with Gasteiger partial charge in [0.2, 0.25) is 0 Å². The third kappa shape index (κ3) is 2.30. The molecule has 0 saturated carbocycles. The van der Waals surface area contributed by atoms with Crippen LogP contribution in [0.15, 0.2) is 22.7 Å². The molecule has 12 heavy (non-hydrogen) atoms. The summed E-state index contributed by atoms with van der Waals surface area (Å²) in [6.45, 7) is 2.05. The van der Waals surface area contributed by atoms with E-state index in [1.807, 2.05) is 12.2 Å². The summed E-state index contributed by atoms with van der Waals surface area (Å²) >= 11 is 6.56. The van der Waals surface area contributed by atoms with Crippen molar-refractivity contribution in [2.45, 2.75) is 6.92 Å². The lowest BCUT2D eigenvalue weighted by Gasteiger charge is -2.19. The van der Waals surface area contributed by atoms with Crippen LogP contribution in [0.4, 0.5) is 0 Å². The molecule has 2 atom stereocenters. The van der Waals surface area contributed by atoms with Crippen molar-refractivity contribution in [3.8, 4) is 0 Å². The van der Waals surface area contributed by atoms with E-state index in [1.54, 1.807) is 0 Å². The zero-order chi connectivity index (χ0) is 9.14. The molecule has 66 valence electrons. The fourth-order valence-corrected chi connectivity index (χ4v) is 2.21. The molecule has 3 heteroatoms. The maximum absolute atomic E-state index is 11.3. The van der Waals surface area contributed by atoms with Crippen LogP contribution in [0.5, 0.6) is 0 Å². The van der Waals surface area contributed by atoms with E-state index < -0.39 is 0 Å². The summed E-state index contributed by atoms with van der Waals surface area (Å²) in [5.74, 6) is 0.593. The van der Waals surface area contributed by atoms with Crippen molar-refractivity contribution in [3.05, 3.63) is 22.7 Å². The minimum atomic E-state index is 0.0469. The molecule has 0 N–H and O–H groups in total. The first-order valence-corrected chi connectivity index (χ1v) is 5.71. The molecule has 0 spiro atoms. The van der Waals surface area contributed by atoms with Gasteiger partial charge in [0.15, 0.2) is 5.78 Å². The molecule has 0 aromatic heterocycles. The summed E-state index contributed by atoms with van der Waals surface area (Å²) < 4.78 is 1.06. The van der Waals surface area contributed by atoms with Crippen molar-refractivity contribution < 1.29 is 4.79 Å². The SMILES string of the molecule is CC1C=C(Br)C=CC1C(=O)CBr. The monoisotopic (exact) mass is 292 g/mol. The van der Waals surface area contributed by atoms with Gasteiger partial charge in [0.1, 0.15) is 0 Å². The highest BCUT2D eigenvalue weighted by molar-refractivity contribution is 9.11. The third-order valence-electron chi connectivity index (χ3n) is 1.95. The van der Waals surface area contributed by atoms with E-state index in [0.717, 1.165) is 4.48 Å². The van der Waals surface area contributed by atoms with Gasteiger partial charge in [-0.2, -0.15) is 0 Å². The highest BCUT2D eigenvalue weighted by Crippen LogP contribution is 2.26. The van der Waals surface area contributed by atoms with E-state index >= 15 is 0 Å². The molecule has 0 saturated heterocycles. The Kier molecular flexibility index (Phi) is 3.72. The van der Waals surface area contributed by atoms with Crippen molar-refractivity contribution in [3.63, 3.8) is 0 Å². The Morgan fingerprint density at radius 2 is 2.33 bits per heavy atom. The van der Waals surface area contributed by atoms with Gasteiger partial charge in [-0.3, -0.25) is 4.79 Å². The van der Waals surface area contributed by atoms with Crippen LogP contribution >= 0.6 is 31.9 Å². The number of ketones is 1. The van der Waals surface area contributed by atoms with Gasteiger partial charge in [-0.05, 0) is 5.92 Å². The molecular formula is C9H10Br2O. The maximum Gasteiger partial charge on any atom is 0.150 e. The molecule has 1 aliphatic carbocycles. The van der Waals surface area contributed by atoms with E-state index in [9.17, 15) is 4.79 Å². The van der Waals surface area contributed by atoms with Crippen molar-refractivity contribution in [1.29, 1.82) is 0 Å². The smallest absolute Gasteiger partial charge is 0.150 e. The van der Waals surface area contributed by atoms with Gasteiger partial charge >= 0.3 is 0 Å². The lowest BCUT2D eigenvalue weighted by atomic mass is 9.87. The number of hydrogen-bond acceptors (Lipinski definition) is 1. The van der Waals surface area contributed by atoms with Crippen LogP contribution in [0.3, 0.4) is 0 Å². The number of allylic oxidation sites excluding steroid dienone is 4. The zero-order valence-corrected chi connectivity index (χ0v) is 9.93. The molecule has 1 rings (SSSR count). The van der Waals surface area contributed by atoms with E-state index in [1.165, 1.54) is 0 Å². The molecular weight excluding hydrogens is 284 g/mol. The van der Waals surface area contributed by atoms with Crippen LogP contribution in [0, 0.1) is 11.8 Å². The van der Waals surface area contributed by atoms with Crippen LogP contribution in [-0.2, 0) is 4.79 Å². The van der Waals surface area contributed by atoms with Gasteiger partial charge in [0.25, 0.3) is 0 Å². The van der Waals surface area contributed by atoms with Crippen LogP contribution in [0.2, 0.25) is 0 Å². The highest BCUT2D eigenvalue weighted by atomic mass is 79.9. The first kappa shape index (κ1) is 10.2. The van der Waals surface area contributed by atoms with Crippen LogP contribution in [0.1, 0.15) is 6.92 Å². The number of rotatable bonds is 2. The molecule has 0 aliphatic heterocycles. The Balaban J connectivity index is 2.72. The maximum atomic E-state index is 11.3. The number of halogens is 2. The Morgan fingerprint density at radius 3 is 2.83 bits per heavy atom. The van der Waals surface area contributed by atoms with Crippen LogP contribution in [-0.4, -0.2) is 11.1 Å². The second-order valence-corrected chi connectivity index (χ2v) is 4.37. The van der Waals surface area contributed by atoms with Crippen LogP contribution in [0.25, 0.3) is 0 Å². The van der Waals surface area contributed by atoms with Crippen molar-refractivity contribution in [2.24, 2.45) is 11.8 Å². The molecule has 0 aromatic carbocycles. The average Bonchev–Trinajstić information content (AvgIpc) is 2.03. The molecule has 2 unspecified atom stereocenters. The van der Waals surface area contributed by atoms with Gasteiger partial charge < -0.3 is 0 Å². The molecule has 0 radical (unpaired) electrons. The fraction of sp³-hybridized carbons (Fsp3) is 0.444. The first-order valence-electron chi connectivity index (χ1n) is 3.79. The number of alkyl halides is 1. The minimum Gasteiger partial charge on any atom is -0.298 e. The quantitative estimate of drug-likeness (QED) is 0.715. The summed E-state index contributed by atoms with van der Waals surface area (Å²) in [6, 6.07) is 0. The standard InChI is InChI=1S/C9H10Br2O/c1-6-4-7(11)2-3-8(6)9(12)5-10/h2-4,6,8H,5H2,1H3. The first-order chi connectivity index (χ1) is 5.65. The second kappa shape index (κ2) is 4.38. The molecule has 0 aromatic rings. The topological polar surface area (TPSA) is 17.1 Å². The summed E-state index contributed by atoms with van der Waals surface area (Å²) in [5.41, 5.74) is 0. The van der Waals surface area contributed by atoms with E-state index in [0.29, 0.717) is 11.2 Å². The summed E-state index contributed by atoms with van der Waals surface area (Å²) in [5, 5.41) is 0.442. The Labute approximate surface area is 89.2 Å². The molecule has 1 aliphatic rings.